The lowest BCUT2D eigenvalue weighted by molar-refractivity contribution is -0.140. The largest absolute Gasteiger partial charge is 0.469 e. The van der Waals surface area contributed by atoms with E-state index in [0.717, 1.165) is 20.4 Å². The Morgan fingerprint density at radius 1 is 1.15 bits per heavy atom. The van der Waals surface area contributed by atoms with Crippen LogP contribution in [0.4, 0.5) is 0 Å². The van der Waals surface area contributed by atoms with Gasteiger partial charge in [0.25, 0.3) is 0 Å². The van der Waals surface area contributed by atoms with Crippen molar-refractivity contribution in [3.8, 4) is 0 Å². The molecule has 0 N–H and O–H groups in total. The minimum absolute atomic E-state index is 0.184. The first kappa shape index (κ1) is 14.9. The van der Waals surface area contributed by atoms with Crippen LogP contribution in [-0.2, 0) is 16.0 Å². The molecule has 0 spiro atoms. The molecule has 0 bridgehead atoms. The SMILES string of the molecule is COC(=O)CCc1ccccc1Sc1ccc(Cl)cc1. The highest BCUT2D eigenvalue weighted by atomic mass is 35.5. The van der Waals surface area contributed by atoms with Gasteiger partial charge in [-0.15, -0.1) is 0 Å². The zero-order valence-electron chi connectivity index (χ0n) is 11.1. The van der Waals surface area contributed by atoms with E-state index in [2.05, 4.69) is 10.8 Å². The molecule has 2 aromatic rings. The van der Waals surface area contributed by atoms with Crippen molar-refractivity contribution in [3.63, 3.8) is 0 Å². The summed E-state index contributed by atoms with van der Waals surface area (Å²) in [6.07, 6.45) is 1.08. The van der Waals surface area contributed by atoms with Crippen molar-refractivity contribution in [3.05, 3.63) is 59.1 Å². The number of aryl methyl sites for hydroxylation is 1. The zero-order valence-corrected chi connectivity index (χ0v) is 12.7. The first-order chi connectivity index (χ1) is 9.69. The number of halogens is 1. The third kappa shape index (κ3) is 4.29. The summed E-state index contributed by atoms with van der Waals surface area (Å²) in [5.41, 5.74) is 1.15. The van der Waals surface area contributed by atoms with Crippen LogP contribution < -0.4 is 0 Å². The summed E-state index contributed by atoms with van der Waals surface area (Å²) in [7, 11) is 1.41. The molecule has 0 saturated carbocycles. The van der Waals surface area contributed by atoms with E-state index >= 15 is 0 Å². The molecule has 0 aliphatic carbocycles. The normalized spacial score (nSPS) is 10.3. The van der Waals surface area contributed by atoms with Crippen LogP contribution in [0.15, 0.2) is 58.3 Å². The van der Waals surface area contributed by atoms with E-state index in [0.29, 0.717) is 12.8 Å². The second-order valence-corrected chi connectivity index (χ2v) is 5.79. The van der Waals surface area contributed by atoms with Gasteiger partial charge in [0.1, 0.15) is 0 Å². The van der Waals surface area contributed by atoms with Gasteiger partial charge < -0.3 is 4.74 Å². The molecule has 0 atom stereocenters. The van der Waals surface area contributed by atoms with Crippen LogP contribution in [0.2, 0.25) is 5.02 Å². The summed E-state index contributed by atoms with van der Waals surface area (Å²) < 4.78 is 4.68. The number of methoxy groups -OCH3 is 1. The van der Waals surface area contributed by atoms with Crippen LogP contribution >= 0.6 is 23.4 Å². The van der Waals surface area contributed by atoms with Crippen molar-refractivity contribution in [2.75, 3.05) is 7.11 Å². The number of ether oxygens (including phenoxy) is 1. The summed E-state index contributed by atoms with van der Waals surface area (Å²) in [5.74, 6) is -0.184. The molecule has 0 aliphatic heterocycles. The van der Waals surface area contributed by atoms with Gasteiger partial charge in [-0.05, 0) is 42.3 Å². The Bertz CT molecular complexity index is 581. The van der Waals surface area contributed by atoms with Gasteiger partial charge in [0.2, 0.25) is 0 Å². The third-order valence-electron chi connectivity index (χ3n) is 2.84. The topological polar surface area (TPSA) is 26.3 Å². The molecule has 0 fully saturated rings. The minimum Gasteiger partial charge on any atom is -0.469 e. The quantitative estimate of drug-likeness (QED) is 0.755. The second-order valence-electron chi connectivity index (χ2n) is 4.24. The average Bonchev–Trinajstić information content (AvgIpc) is 2.48. The van der Waals surface area contributed by atoms with Gasteiger partial charge in [-0.2, -0.15) is 0 Å². The van der Waals surface area contributed by atoms with Crippen molar-refractivity contribution < 1.29 is 9.53 Å². The molecule has 2 nitrogen and oxygen atoms in total. The van der Waals surface area contributed by atoms with E-state index in [9.17, 15) is 4.79 Å². The second kappa shape index (κ2) is 7.36. The number of rotatable bonds is 5. The van der Waals surface area contributed by atoms with Gasteiger partial charge in [0, 0.05) is 21.2 Å². The maximum Gasteiger partial charge on any atom is 0.305 e. The Morgan fingerprint density at radius 3 is 2.55 bits per heavy atom. The number of hydrogen-bond acceptors (Lipinski definition) is 3. The van der Waals surface area contributed by atoms with Crippen molar-refractivity contribution in [1.82, 2.24) is 0 Å². The van der Waals surface area contributed by atoms with E-state index < -0.39 is 0 Å². The van der Waals surface area contributed by atoms with Crippen LogP contribution in [0.3, 0.4) is 0 Å². The van der Waals surface area contributed by atoms with Gasteiger partial charge in [0.05, 0.1) is 7.11 Å². The highest BCUT2D eigenvalue weighted by Crippen LogP contribution is 2.31. The summed E-state index contributed by atoms with van der Waals surface area (Å²) in [6, 6.07) is 15.8. The number of hydrogen-bond donors (Lipinski definition) is 0. The molecule has 0 aromatic heterocycles. The first-order valence-electron chi connectivity index (χ1n) is 6.27. The lowest BCUT2D eigenvalue weighted by Gasteiger charge is -2.08. The van der Waals surface area contributed by atoms with Gasteiger partial charge in [0.15, 0.2) is 0 Å². The van der Waals surface area contributed by atoms with E-state index in [4.69, 9.17) is 11.6 Å². The zero-order chi connectivity index (χ0) is 14.4. The van der Waals surface area contributed by atoms with Gasteiger partial charge >= 0.3 is 5.97 Å². The molecule has 0 unspecified atom stereocenters. The first-order valence-corrected chi connectivity index (χ1v) is 7.46. The molecule has 20 heavy (non-hydrogen) atoms. The van der Waals surface area contributed by atoms with Crippen molar-refractivity contribution >= 4 is 29.3 Å². The summed E-state index contributed by atoms with van der Waals surface area (Å²) in [6.45, 7) is 0. The average molecular weight is 307 g/mol. The molecule has 0 amide bonds. The predicted octanol–water partition coefficient (Wildman–Crippen LogP) is 4.60. The standard InChI is InChI=1S/C16H15ClO2S/c1-19-16(18)11-6-12-4-2-3-5-15(12)20-14-9-7-13(17)8-10-14/h2-5,7-10H,6,11H2,1H3. The van der Waals surface area contributed by atoms with Crippen molar-refractivity contribution in [2.24, 2.45) is 0 Å². The lowest BCUT2D eigenvalue weighted by Crippen LogP contribution is -2.02. The molecule has 2 rings (SSSR count). The lowest BCUT2D eigenvalue weighted by atomic mass is 10.1. The Morgan fingerprint density at radius 2 is 1.85 bits per heavy atom. The van der Waals surface area contributed by atoms with Crippen LogP contribution in [0.1, 0.15) is 12.0 Å². The van der Waals surface area contributed by atoms with E-state index in [1.165, 1.54) is 7.11 Å². The van der Waals surface area contributed by atoms with E-state index in [1.54, 1.807) is 11.8 Å². The predicted molar refractivity (Wildman–Crippen MR) is 82.4 cm³/mol. The Balaban J connectivity index is 2.11. The number of benzene rings is 2. The Kier molecular flexibility index (Phi) is 5.50. The Hall–Kier alpha value is -1.45. The fourth-order valence-electron chi connectivity index (χ4n) is 1.78. The van der Waals surface area contributed by atoms with Crippen LogP contribution in [0.5, 0.6) is 0 Å². The highest BCUT2D eigenvalue weighted by Gasteiger charge is 2.07. The summed E-state index contributed by atoms with van der Waals surface area (Å²) >= 11 is 7.56. The maximum absolute atomic E-state index is 11.2. The molecule has 2 aromatic carbocycles. The third-order valence-corrected chi connectivity index (χ3v) is 4.22. The van der Waals surface area contributed by atoms with E-state index in [1.807, 2.05) is 42.5 Å². The minimum atomic E-state index is -0.184. The molecule has 4 heteroatoms. The van der Waals surface area contributed by atoms with Crippen molar-refractivity contribution in [2.45, 2.75) is 22.6 Å². The van der Waals surface area contributed by atoms with Gasteiger partial charge in [-0.1, -0.05) is 41.6 Å². The molecule has 0 saturated heterocycles. The number of esters is 1. The molecular formula is C16H15ClO2S. The monoisotopic (exact) mass is 306 g/mol. The maximum atomic E-state index is 11.2. The van der Waals surface area contributed by atoms with Gasteiger partial charge in [-0.25, -0.2) is 0 Å². The van der Waals surface area contributed by atoms with Crippen molar-refractivity contribution in [1.29, 1.82) is 0 Å². The smallest absolute Gasteiger partial charge is 0.305 e. The van der Waals surface area contributed by atoms with Crippen LogP contribution in [0, 0.1) is 0 Å². The summed E-state index contributed by atoms with van der Waals surface area (Å²) in [5, 5.41) is 0.730. The molecule has 0 heterocycles. The fraction of sp³-hybridized carbons (Fsp3) is 0.188. The van der Waals surface area contributed by atoms with Crippen LogP contribution in [0.25, 0.3) is 0 Å². The van der Waals surface area contributed by atoms with Gasteiger partial charge in [-0.3, -0.25) is 4.79 Å². The molecule has 0 aliphatic rings. The molecule has 0 radical (unpaired) electrons. The number of carbonyl (C=O) groups is 1. The van der Waals surface area contributed by atoms with E-state index in [-0.39, 0.29) is 5.97 Å². The molecule has 104 valence electrons. The fourth-order valence-corrected chi connectivity index (χ4v) is 2.88. The summed E-state index contributed by atoms with van der Waals surface area (Å²) in [4.78, 5) is 13.5. The van der Waals surface area contributed by atoms with Crippen LogP contribution in [-0.4, -0.2) is 13.1 Å². The highest BCUT2D eigenvalue weighted by molar-refractivity contribution is 7.99. The Labute approximate surface area is 128 Å². The number of carbonyl (C=O) groups excluding carboxylic acids is 1. The molecular weight excluding hydrogens is 292 g/mol.